The van der Waals surface area contributed by atoms with Crippen molar-refractivity contribution >= 4 is 16.9 Å². The van der Waals surface area contributed by atoms with Crippen LogP contribution in [0.2, 0.25) is 0 Å². The Bertz CT molecular complexity index is 714. The van der Waals surface area contributed by atoms with Crippen LogP contribution in [0.4, 0.5) is 0 Å². The smallest absolute Gasteiger partial charge is 0.270 e. The number of furan rings is 1. The number of hydrogen-bond acceptors (Lipinski definition) is 4. The van der Waals surface area contributed by atoms with Crippen LogP contribution in [0.5, 0.6) is 0 Å². The van der Waals surface area contributed by atoms with Gasteiger partial charge >= 0.3 is 0 Å². The standard InChI is InChI=1S/C17H21N3O2/c1-10-13-5-8-22-15(13)9-14(18-10)17(21)19-16-11(2)20-6-3-12(16)4-7-20/h5,8-9,11-12,16H,3-4,6-7H2,1-2H3,(H,19,21)/t11-,16+/m1/s1. The second-order valence-corrected chi connectivity index (χ2v) is 6.54. The second-order valence-electron chi connectivity index (χ2n) is 6.54. The lowest BCUT2D eigenvalue weighted by Gasteiger charge is -2.49. The predicted molar refractivity (Wildman–Crippen MR) is 83.8 cm³/mol. The average Bonchev–Trinajstić information content (AvgIpc) is 3.00. The summed E-state index contributed by atoms with van der Waals surface area (Å²) in [5.41, 5.74) is 2.00. The molecule has 2 aromatic heterocycles. The first-order valence-corrected chi connectivity index (χ1v) is 8.03. The molecule has 2 aromatic rings. The highest BCUT2D eigenvalue weighted by molar-refractivity contribution is 5.96. The van der Waals surface area contributed by atoms with Gasteiger partial charge in [-0.3, -0.25) is 9.69 Å². The summed E-state index contributed by atoms with van der Waals surface area (Å²) in [6, 6.07) is 4.26. The molecule has 2 atom stereocenters. The van der Waals surface area contributed by atoms with Crippen LogP contribution in [0.15, 0.2) is 22.8 Å². The molecular formula is C17H21N3O2. The van der Waals surface area contributed by atoms with E-state index in [0.29, 0.717) is 17.7 Å². The number of carbonyl (C=O) groups excluding carboxylic acids is 1. The van der Waals surface area contributed by atoms with E-state index in [0.717, 1.165) is 29.8 Å². The summed E-state index contributed by atoms with van der Waals surface area (Å²) in [6.45, 7) is 6.44. The molecule has 0 aromatic carbocycles. The van der Waals surface area contributed by atoms with E-state index in [2.05, 4.69) is 22.1 Å². The Hall–Kier alpha value is -1.88. The maximum Gasteiger partial charge on any atom is 0.270 e. The van der Waals surface area contributed by atoms with Crippen molar-refractivity contribution in [1.29, 1.82) is 0 Å². The number of fused-ring (bicyclic) bond motifs is 4. The molecule has 3 saturated heterocycles. The Labute approximate surface area is 129 Å². The van der Waals surface area contributed by atoms with Crippen LogP contribution < -0.4 is 5.32 Å². The highest BCUT2D eigenvalue weighted by Gasteiger charge is 2.40. The van der Waals surface area contributed by atoms with E-state index < -0.39 is 0 Å². The molecule has 0 radical (unpaired) electrons. The van der Waals surface area contributed by atoms with Gasteiger partial charge in [0.25, 0.3) is 5.91 Å². The summed E-state index contributed by atoms with van der Waals surface area (Å²) < 4.78 is 5.42. The number of aryl methyl sites for hydroxylation is 1. The van der Waals surface area contributed by atoms with Gasteiger partial charge < -0.3 is 9.73 Å². The van der Waals surface area contributed by atoms with Crippen LogP contribution in [-0.4, -0.2) is 41.0 Å². The van der Waals surface area contributed by atoms with Gasteiger partial charge in [0.1, 0.15) is 11.3 Å². The Morgan fingerprint density at radius 1 is 1.41 bits per heavy atom. The molecule has 0 saturated carbocycles. The molecule has 116 valence electrons. The predicted octanol–water partition coefficient (Wildman–Crippen LogP) is 2.35. The minimum absolute atomic E-state index is 0.0907. The van der Waals surface area contributed by atoms with E-state index in [1.165, 1.54) is 12.8 Å². The van der Waals surface area contributed by atoms with Crippen LogP contribution in [0.1, 0.15) is 35.9 Å². The van der Waals surface area contributed by atoms with Crippen LogP contribution in [0.25, 0.3) is 11.0 Å². The lowest BCUT2D eigenvalue weighted by molar-refractivity contribution is 0.0216. The van der Waals surface area contributed by atoms with Crippen LogP contribution in [0, 0.1) is 12.8 Å². The fourth-order valence-corrected chi connectivity index (χ4v) is 4.02. The number of hydrogen-bond donors (Lipinski definition) is 1. The van der Waals surface area contributed by atoms with Gasteiger partial charge in [-0.2, -0.15) is 0 Å². The minimum atomic E-state index is -0.0907. The van der Waals surface area contributed by atoms with E-state index in [1.807, 2.05) is 13.0 Å². The Kier molecular flexibility index (Phi) is 3.18. The first-order chi connectivity index (χ1) is 10.6. The molecule has 2 bridgehead atoms. The highest BCUT2D eigenvalue weighted by atomic mass is 16.3. The van der Waals surface area contributed by atoms with Crippen molar-refractivity contribution in [3.05, 3.63) is 29.8 Å². The number of aromatic nitrogens is 1. The largest absolute Gasteiger partial charge is 0.464 e. The molecule has 5 heteroatoms. The third-order valence-electron chi connectivity index (χ3n) is 5.35. The molecule has 0 aliphatic carbocycles. The number of carbonyl (C=O) groups is 1. The van der Waals surface area contributed by atoms with Crippen molar-refractivity contribution < 1.29 is 9.21 Å². The van der Waals surface area contributed by atoms with Gasteiger partial charge in [0.15, 0.2) is 0 Å². The molecule has 0 spiro atoms. The molecule has 1 amide bonds. The summed E-state index contributed by atoms with van der Waals surface area (Å²) in [5, 5.41) is 4.18. The SMILES string of the molecule is Cc1nc(C(=O)N[C@@H]2C3CCN(CC3)[C@@H]2C)cc2occc12. The lowest BCUT2D eigenvalue weighted by Crippen LogP contribution is -2.62. The van der Waals surface area contributed by atoms with Crippen molar-refractivity contribution in [3.8, 4) is 0 Å². The second kappa shape index (κ2) is 5.09. The zero-order chi connectivity index (χ0) is 15.3. The number of rotatable bonds is 2. The summed E-state index contributed by atoms with van der Waals surface area (Å²) in [4.78, 5) is 19.5. The third-order valence-corrected chi connectivity index (χ3v) is 5.35. The van der Waals surface area contributed by atoms with Gasteiger partial charge in [-0.05, 0) is 51.8 Å². The number of piperidine rings is 3. The summed E-state index contributed by atoms with van der Waals surface area (Å²) in [7, 11) is 0. The molecule has 3 fully saturated rings. The Balaban J connectivity index is 1.58. The first-order valence-electron chi connectivity index (χ1n) is 8.03. The van der Waals surface area contributed by atoms with Crippen LogP contribution >= 0.6 is 0 Å². The molecule has 3 aliphatic rings. The van der Waals surface area contributed by atoms with Gasteiger partial charge in [0, 0.05) is 29.2 Å². The van der Waals surface area contributed by atoms with Crippen molar-refractivity contribution in [2.24, 2.45) is 5.92 Å². The molecule has 5 nitrogen and oxygen atoms in total. The van der Waals surface area contributed by atoms with Crippen LogP contribution in [0.3, 0.4) is 0 Å². The maximum absolute atomic E-state index is 12.6. The molecule has 3 aliphatic heterocycles. The summed E-state index contributed by atoms with van der Waals surface area (Å²) in [6.07, 6.45) is 3.99. The fourth-order valence-electron chi connectivity index (χ4n) is 4.02. The van der Waals surface area contributed by atoms with Gasteiger partial charge in [-0.25, -0.2) is 4.98 Å². The fraction of sp³-hybridized carbons (Fsp3) is 0.529. The van der Waals surface area contributed by atoms with E-state index in [9.17, 15) is 4.79 Å². The highest BCUT2D eigenvalue weighted by Crippen LogP contribution is 2.32. The molecule has 5 heterocycles. The molecule has 1 N–H and O–H groups in total. The normalized spacial score (nSPS) is 30.6. The van der Waals surface area contributed by atoms with Gasteiger partial charge in [0.05, 0.1) is 6.26 Å². The van der Waals surface area contributed by atoms with Crippen molar-refractivity contribution in [1.82, 2.24) is 15.2 Å². The number of pyridine rings is 1. The molecular weight excluding hydrogens is 278 g/mol. The zero-order valence-electron chi connectivity index (χ0n) is 13.0. The zero-order valence-corrected chi connectivity index (χ0v) is 13.0. The number of amides is 1. The number of nitrogens with zero attached hydrogens (tertiary/aromatic N) is 2. The van der Waals surface area contributed by atoms with E-state index in [1.54, 1.807) is 12.3 Å². The Morgan fingerprint density at radius 3 is 2.91 bits per heavy atom. The van der Waals surface area contributed by atoms with Crippen molar-refractivity contribution in [3.63, 3.8) is 0 Å². The summed E-state index contributed by atoms with van der Waals surface area (Å²) >= 11 is 0. The van der Waals surface area contributed by atoms with Gasteiger partial charge in [0.2, 0.25) is 0 Å². The maximum atomic E-state index is 12.6. The Morgan fingerprint density at radius 2 is 2.18 bits per heavy atom. The molecule has 5 rings (SSSR count). The van der Waals surface area contributed by atoms with E-state index in [-0.39, 0.29) is 11.9 Å². The minimum Gasteiger partial charge on any atom is -0.464 e. The van der Waals surface area contributed by atoms with E-state index >= 15 is 0 Å². The monoisotopic (exact) mass is 299 g/mol. The summed E-state index contributed by atoms with van der Waals surface area (Å²) in [5.74, 6) is 0.504. The quantitative estimate of drug-likeness (QED) is 0.925. The average molecular weight is 299 g/mol. The molecule has 0 unspecified atom stereocenters. The van der Waals surface area contributed by atoms with Crippen LogP contribution in [-0.2, 0) is 0 Å². The van der Waals surface area contributed by atoms with Gasteiger partial charge in [-0.15, -0.1) is 0 Å². The first kappa shape index (κ1) is 13.8. The van der Waals surface area contributed by atoms with Crippen molar-refractivity contribution in [2.45, 2.75) is 38.8 Å². The van der Waals surface area contributed by atoms with Gasteiger partial charge in [-0.1, -0.05) is 0 Å². The lowest BCUT2D eigenvalue weighted by atomic mass is 9.79. The third kappa shape index (κ3) is 2.11. The topological polar surface area (TPSA) is 58.4 Å². The van der Waals surface area contributed by atoms with E-state index in [4.69, 9.17) is 4.42 Å². The number of nitrogens with one attached hydrogen (secondary N) is 1. The van der Waals surface area contributed by atoms with Crippen molar-refractivity contribution in [2.75, 3.05) is 13.1 Å². The molecule has 22 heavy (non-hydrogen) atoms.